The third-order valence-corrected chi connectivity index (χ3v) is 9.70. The lowest BCUT2D eigenvalue weighted by molar-refractivity contribution is -0.605. The minimum absolute atomic E-state index is 0.559. The van der Waals surface area contributed by atoms with Gasteiger partial charge in [-0.1, -0.05) is 153 Å². The van der Waals surface area contributed by atoms with E-state index in [9.17, 15) is 5.21 Å². The average molecular weight is 695 g/mol. The summed E-state index contributed by atoms with van der Waals surface area (Å²) in [5.41, 5.74) is 7.66. The number of nitrogens with zero attached hydrogens (tertiary/aromatic N) is 8. The fraction of sp³-hybridized carbons (Fsp3) is 0.136. The summed E-state index contributed by atoms with van der Waals surface area (Å²) in [4.78, 5) is 9.27. The zero-order valence-corrected chi connectivity index (χ0v) is 29.4. The molecule has 0 aliphatic carbocycles. The first-order valence-electron chi connectivity index (χ1n) is 17.9. The second-order valence-corrected chi connectivity index (χ2v) is 13.0. The lowest BCUT2D eigenvalue weighted by atomic mass is 9.77. The molecule has 53 heavy (non-hydrogen) atoms. The molecule has 8 rings (SSSR count). The molecule has 0 saturated heterocycles. The van der Waals surface area contributed by atoms with Crippen LogP contribution < -0.4 is 4.73 Å². The number of aryl methyl sites for hydroxylation is 1. The quantitative estimate of drug-likeness (QED) is 0.0728. The maximum Gasteiger partial charge on any atom is 0.208 e. The zero-order valence-electron chi connectivity index (χ0n) is 29.4. The molecule has 0 aliphatic rings. The molecule has 3 aromatic heterocycles. The number of aromatic nitrogens is 8. The maximum atomic E-state index is 12.0. The summed E-state index contributed by atoms with van der Waals surface area (Å²) in [6, 6.07) is 48.3. The molecule has 5 aromatic carbocycles. The van der Waals surface area contributed by atoms with E-state index in [0.29, 0.717) is 23.8 Å². The van der Waals surface area contributed by atoms with Crippen LogP contribution in [0.25, 0.3) is 33.9 Å². The van der Waals surface area contributed by atoms with Crippen molar-refractivity contribution in [1.29, 1.82) is 0 Å². The molecule has 0 N–H and O–H groups in total. The third-order valence-electron chi connectivity index (χ3n) is 9.70. The van der Waals surface area contributed by atoms with Crippen LogP contribution in [0.5, 0.6) is 0 Å². The van der Waals surface area contributed by atoms with Crippen LogP contribution >= 0.6 is 0 Å². The predicted molar refractivity (Wildman–Crippen MR) is 205 cm³/mol. The van der Waals surface area contributed by atoms with E-state index in [4.69, 9.17) is 15.3 Å². The zero-order chi connectivity index (χ0) is 36.0. The monoisotopic (exact) mass is 694 g/mol. The molecule has 0 saturated carbocycles. The average Bonchev–Trinajstić information content (AvgIpc) is 3.87. The van der Waals surface area contributed by atoms with Gasteiger partial charge < -0.3 is 9.77 Å². The van der Waals surface area contributed by atoms with Gasteiger partial charge in [0, 0.05) is 24.7 Å². The van der Waals surface area contributed by atoms with E-state index in [-0.39, 0.29) is 0 Å². The van der Waals surface area contributed by atoms with Crippen LogP contribution in [0.1, 0.15) is 47.8 Å². The second-order valence-electron chi connectivity index (χ2n) is 13.0. The van der Waals surface area contributed by atoms with Crippen molar-refractivity contribution in [3.8, 4) is 33.9 Å². The van der Waals surface area contributed by atoms with Gasteiger partial charge in [0.2, 0.25) is 6.20 Å². The van der Waals surface area contributed by atoms with Crippen LogP contribution in [0.4, 0.5) is 0 Å². The topological polar surface area (TPSA) is 101 Å². The lowest BCUT2D eigenvalue weighted by Crippen LogP contribution is -2.39. The van der Waals surface area contributed by atoms with Crippen LogP contribution in [0.2, 0.25) is 0 Å². The number of hydrogen-bond acceptors (Lipinski definition) is 6. The Balaban J connectivity index is 1.19. The fourth-order valence-corrected chi connectivity index (χ4v) is 7.16. The molecule has 9 heteroatoms. The van der Waals surface area contributed by atoms with Gasteiger partial charge in [0.25, 0.3) is 0 Å². The van der Waals surface area contributed by atoms with Crippen LogP contribution in [-0.4, -0.2) is 34.7 Å². The van der Waals surface area contributed by atoms with Crippen molar-refractivity contribution >= 4 is 0 Å². The van der Waals surface area contributed by atoms with Gasteiger partial charge >= 0.3 is 0 Å². The standard InChI is InChI=1S/C44H38N8O/c1-2-3-23-42-46-41(40-32-51(53)29-28-45-40)31-50(42)30-33-24-26-34(27-25-33)38-21-13-14-22-39(38)43-47-48-49-52(43)44(35-15-7-4-8-16-35,36-17-9-5-10-18-36)37-19-11-6-12-20-37/h4-22,24-29,31-32H,2-3,23,30H2,1H3. The number of benzene rings is 5. The smallest absolute Gasteiger partial charge is 0.208 e. The number of rotatable bonds is 12. The van der Waals surface area contributed by atoms with Crippen molar-refractivity contribution in [2.75, 3.05) is 0 Å². The number of tetrazole rings is 1. The summed E-state index contributed by atoms with van der Waals surface area (Å²) >= 11 is 0. The van der Waals surface area contributed by atoms with Crippen molar-refractivity contribution in [1.82, 2.24) is 34.7 Å². The minimum Gasteiger partial charge on any atom is -0.619 e. The molecular formula is C44H38N8O. The molecule has 260 valence electrons. The Morgan fingerprint density at radius 2 is 1.30 bits per heavy atom. The normalized spacial score (nSPS) is 11.5. The van der Waals surface area contributed by atoms with Gasteiger partial charge in [-0.25, -0.2) is 14.6 Å². The third kappa shape index (κ3) is 6.49. The van der Waals surface area contributed by atoms with E-state index < -0.39 is 5.54 Å². The van der Waals surface area contributed by atoms with Crippen molar-refractivity contribution < 1.29 is 4.73 Å². The molecule has 0 fully saturated rings. The summed E-state index contributed by atoms with van der Waals surface area (Å²) in [5, 5.41) is 25.8. The number of unbranched alkanes of at least 4 members (excludes halogenated alkanes) is 1. The predicted octanol–water partition coefficient (Wildman–Crippen LogP) is 8.13. The highest BCUT2D eigenvalue weighted by Gasteiger charge is 2.42. The first-order valence-corrected chi connectivity index (χ1v) is 17.9. The molecule has 0 aliphatic heterocycles. The highest BCUT2D eigenvalue weighted by molar-refractivity contribution is 5.81. The Labute approximate surface area is 308 Å². The summed E-state index contributed by atoms with van der Waals surface area (Å²) in [7, 11) is 0. The molecule has 0 radical (unpaired) electrons. The highest BCUT2D eigenvalue weighted by atomic mass is 16.5. The van der Waals surface area contributed by atoms with Gasteiger partial charge in [-0.05, 0) is 50.2 Å². The Hall–Kier alpha value is -6.74. The number of hydrogen-bond donors (Lipinski definition) is 0. The van der Waals surface area contributed by atoms with E-state index in [1.54, 1.807) is 0 Å². The van der Waals surface area contributed by atoms with E-state index in [1.807, 2.05) is 35.1 Å². The number of imidazole rings is 1. The summed E-state index contributed by atoms with van der Waals surface area (Å²) in [6.07, 6.45) is 9.27. The van der Waals surface area contributed by atoms with Crippen molar-refractivity contribution in [2.24, 2.45) is 0 Å². The molecular weight excluding hydrogens is 657 g/mol. The summed E-state index contributed by atoms with van der Waals surface area (Å²) in [6.45, 7) is 2.82. The first-order chi connectivity index (χ1) is 26.1. The largest absolute Gasteiger partial charge is 0.619 e. The minimum atomic E-state index is -0.859. The van der Waals surface area contributed by atoms with Crippen molar-refractivity contribution in [3.63, 3.8) is 0 Å². The summed E-state index contributed by atoms with van der Waals surface area (Å²) in [5.74, 6) is 1.63. The van der Waals surface area contributed by atoms with Gasteiger partial charge in [-0.15, -0.1) is 5.10 Å². The SMILES string of the molecule is CCCCc1nc(-c2c[n+]([O-])ccn2)cn1Cc1ccc(-c2ccccc2-c2nnnn2C(c2ccccc2)(c2ccccc2)c2ccccc2)cc1. The molecule has 3 heterocycles. The van der Waals surface area contributed by atoms with Gasteiger partial charge in [-0.2, -0.15) is 4.73 Å². The summed E-state index contributed by atoms with van der Waals surface area (Å²) < 4.78 is 4.90. The van der Waals surface area contributed by atoms with Crippen LogP contribution in [-0.2, 0) is 18.5 Å². The second kappa shape index (κ2) is 14.9. The van der Waals surface area contributed by atoms with Gasteiger partial charge in [0.05, 0.1) is 6.20 Å². The van der Waals surface area contributed by atoms with E-state index >= 15 is 0 Å². The highest BCUT2D eigenvalue weighted by Crippen LogP contribution is 2.43. The Kier molecular flexibility index (Phi) is 9.36. The van der Waals surface area contributed by atoms with Crippen LogP contribution in [0.15, 0.2) is 164 Å². The molecule has 0 unspecified atom stereocenters. The molecule has 9 nitrogen and oxygen atoms in total. The van der Waals surface area contributed by atoms with E-state index in [0.717, 1.165) is 68.8 Å². The maximum absolute atomic E-state index is 12.0. The first kappa shape index (κ1) is 33.4. The Bertz CT molecular complexity index is 2330. The Morgan fingerprint density at radius 3 is 1.91 bits per heavy atom. The van der Waals surface area contributed by atoms with E-state index in [2.05, 4.69) is 137 Å². The molecule has 0 bridgehead atoms. The molecule has 0 spiro atoms. The van der Waals surface area contributed by atoms with Gasteiger partial charge in [0.15, 0.2) is 17.7 Å². The van der Waals surface area contributed by atoms with Gasteiger partial charge in [-0.3, -0.25) is 0 Å². The fourth-order valence-electron chi connectivity index (χ4n) is 7.16. The molecule has 8 aromatic rings. The van der Waals surface area contributed by atoms with E-state index in [1.165, 1.54) is 18.6 Å². The lowest BCUT2D eigenvalue weighted by Gasteiger charge is -2.36. The van der Waals surface area contributed by atoms with Crippen molar-refractivity contribution in [3.05, 3.63) is 198 Å². The molecule has 0 amide bonds. The van der Waals surface area contributed by atoms with Gasteiger partial charge in [0.1, 0.15) is 17.1 Å². The Morgan fingerprint density at radius 1 is 0.698 bits per heavy atom. The van der Waals surface area contributed by atoms with Crippen molar-refractivity contribution in [2.45, 2.75) is 38.3 Å². The van der Waals surface area contributed by atoms with Crippen LogP contribution in [0.3, 0.4) is 0 Å². The van der Waals surface area contributed by atoms with Crippen LogP contribution in [0, 0.1) is 5.21 Å². The molecule has 0 atom stereocenters.